The number of nitrogens with one attached hydrogen (secondary N) is 1. The number of carboxylic acids is 1. The Kier molecular flexibility index (Phi) is 6.29. The lowest BCUT2D eigenvalue weighted by Crippen LogP contribution is -2.16. The van der Waals surface area contributed by atoms with E-state index in [9.17, 15) is 4.79 Å². The molecule has 160 valence electrons. The molecule has 0 spiro atoms. The van der Waals surface area contributed by atoms with E-state index < -0.39 is 5.97 Å². The van der Waals surface area contributed by atoms with Gasteiger partial charge in [-0.1, -0.05) is 17.4 Å². The maximum absolute atomic E-state index is 11.0. The Labute approximate surface area is 185 Å². The molecule has 2 N–H and O–H groups in total. The van der Waals surface area contributed by atoms with Gasteiger partial charge in [-0.05, 0) is 75.4 Å². The second-order valence-corrected chi connectivity index (χ2v) is 8.76. The molecule has 0 bridgehead atoms. The number of carboxylic acid groups (broad SMARTS) is 1. The third-order valence-corrected chi connectivity index (χ3v) is 6.08. The molecule has 2 aromatic carbocycles. The number of aromatic nitrogens is 3. The second kappa shape index (κ2) is 9.28. The summed E-state index contributed by atoms with van der Waals surface area (Å²) in [5.74, 6) is -0.933. The molecule has 0 saturated carbocycles. The molecule has 1 atom stereocenters. The Bertz CT molecular complexity index is 1150. The molecule has 0 radical (unpaired) electrons. The van der Waals surface area contributed by atoms with Crippen molar-refractivity contribution in [2.24, 2.45) is 0 Å². The maximum atomic E-state index is 11.0. The molecule has 31 heavy (non-hydrogen) atoms. The van der Waals surface area contributed by atoms with Crippen LogP contribution in [-0.4, -0.2) is 51.2 Å². The third-order valence-electron chi connectivity index (χ3n) is 5.15. The normalized spacial score (nSPS) is 12.4. The number of hydrogen-bond acceptors (Lipinski definition) is 6. The lowest BCUT2D eigenvalue weighted by atomic mass is 10.0. The standard InChI is InChI=1S/C23H25N5O2S/c1-27(2)12-3-4-20(28-13-11-24-15-28)17-7-10-19-21(14-17)31-23(26-19)25-18-8-5-16(6-9-18)22(29)30/h5-11,13-15,20H,3-4,12H2,1-2H3,(H,25,26)(H,29,30). The van der Waals surface area contributed by atoms with Crippen LogP contribution in [-0.2, 0) is 0 Å². The van der Waals surface area contributed by atoms with Crippen LogP contribution in [0.3, 0.4) is 0 Å². The number of aromatic carboxylic acids is 1. The van der Waals surface area contributed by atoms with Gasteiger partial charge in [0.1, 0.15) is 0 Å². The number of thiazole rings is 1. The first-order valence-corrected chi connectivity index (χ1v) is 10.9. The van der Waals surface area contributed by atoms with Crippen LogP contribution in [0.25, 0.3) is 10.2 Å². The van der Waals surface area contributed by atoms with Gasteiger partial charge >= 0.3 is 5.97 Å². The first-order chi connectivity index (χ1) is 15.0. The molecule has 1 unspecified atom stereocenters. The minimum atomic E-state index is -0.933. The number of imidazole rings is 1. The summed E-state index contributed by atoms with van der Waals surface area (Å²) in [4.78, 5) is 22.1. The lowest BCUT2D eigenvalue weighted by molar-refractivity contribution is 0.0697. The van der Waals surface area contributed by atoms with Crippen LogP contribution in [0, 0.1) is 0 Å². The smallest absolute Gasteiger partial charge is 0.335 e. The van der Waals surface area contributed by atoms with Crippen molar-refractivity contribution in [3.8, 4) is 0 Å². The quantitative estimate of drug-likeness (QED) is 0.390. The van der Waals surface area contributed by atoms with Gasteiger partial charge in [0.15, 0.2) is 5.13 Å². The van der Waals surface area contributed by atoms with Gasteiger partial charge in [-0.25, -0.2) is 14.8 Å². The molecule has 7 nitrogen and oxygen atoms in total. The summed E-state index contributed by atoms with van der Waals surface area (Å²) >= 11 is 1.59. The van der Waals surface area contributed by atoms with Gasteiger partial charge in [0.2, 0.25) is 0 Å². The number of nitrogens with zero attached hydrogens (tertiary/aromatic N) is 4. The van der Waals surface area contributed by atoms with E-state index in [2.05, 4.69) is 57.0 Å². The lowest BCUT2D eigenvalue weighted by Gasteiger charge is -2.20. The van der Waals surface area contributed by atoms with Crippen LogP contribution in [0.1, 0.15) is 34.8 Å². The third kappa shape index (κ3) is 5.10. The molecule has 2 heterocycles. The molecule has 8 heteroatoms. The zero-order valence-corrected chi connectivity index (χ0v) is 18.3. The van der Waals surface area contributed by atoms with Crippen molar-refractivity contribution in [2.45, 2.75) is 18.9 Å². The number of anilines is 2. The Morgan fingerprint density at radius 2 is 2.03 bits per heavy atom. The fourth-order valence-electron chi connectivity index (χ4n) is 3.56. The summed E-state index contributed by atoms with van der Waals surface area (Å²) in [5.41, 5.74) is 3.25. The Hall–Kier alpha value is -3.23. The van der Waals surface area contributed by atoms with Crippen LogP contribution in [0.2, 0.25) is 0 Å². The van der Waals surface area contributed by atoms with Crippen LogP contribution < -0.4 is 5.32 Å². The number of hydrogen-bond donors (Lipinski definition) is 2. The number of carbonyl (C=O) groups is 1. The molecule has 2 aromatic heterocycles. The van der Waals surface area contributed by atoms with Crippen molar-refractivity contribution < 1.29 is 9.90 Å². The van der Waals surface area contributed by atoms with Crippen molar-refractivity contribution in [2.75, 3.05) is 26.0 Å². The van der Waals surface area contributed by atoms with Gasteiger partial charge in [0.25, 0.3) is 0 Å². The van der Waals surface area contributed by atoms with Crippen LogP contribution in [0.4, 0.5) is 10.8 Å². The molecule has 0 aliphatic heterocycles. The topological polar surface area (TPSA) is 83.3 Å². The number of benzene rings is 2. The van der Waals surface area contributed by atoms with Gasteiger partial charge in [-0.3, -0.25) is 0 Å². The Morgan fingerprint density at radius 1 is 1.23 bits per heavy atom. The van der Waals surface area contributed by atoms with Crippen molar-refractivity contribution in [1.29, 1.82) is 0 Å². The molecule has 0 fully saturated rings. The second-order valence-electron chi connectivity index (χ2n) is 7.72. The monoisotopic (exact) mass is 435 g/mol. The van der Waals surface area contributed by atoms with Crippen LogP contribution in [0.5, 0.6) is 0 Å². The van der Waals surface area contributed by atoms with E-state index in [0.29, 0.717) is 0 Å². The minimum Gasteiger partial charge on any atom is -0.478 e. The Balaban J connectivity index is 1.56. The van der Waals surface area contributed by atoms with E-state index in [1.54, 1.807) is 35.6 Å². The highest BCUT2D eigenvalue weighted by Gasteiger charge is 2.15. The molecule has 4 rings (SSSR count). The molecule has 0 amide bonds. The number of rotatable bonds is 9. The van der Waals surface area contributed by atoms with E-state index in [1.807, 2.05) is 18.7 Å². The number of fused-ring (bicyclic) bond motifs is 1. The summed E-state index contributed by atoms with van der Waals surface area (Å²) in [7, 11) is 4.19. The molecule has 0 aliphatic rings. The summed E-state index contributed by atoms with van der Waals surface area (Å²) < 4.78 is 3.28. The van der Waals surface area contributed by atoms with E-state index in [-0.39, 0.29) is 11.6 Å². The summed E-state index contributed by atoms with van der Waals surface area (Å²) in [6, 6.07) is 13.3. The van der Waals surface area contributed by atoms with Crippen molar-refractivity contribution in [3.05, 3.63) is 72.3 Å². The fourth-order valence-corrected chi connectivity index (χ4v) is 4.50. The van der Waals surface area contributed by atoms with E-state index in [0.717, 1.165) is 40.4 Å². The Morgan fingerprint density at radius 3 is 2.71 bits per heavy atom. The van der Waals surface area contributed by atoms with Gasteiger partial charge in [0.05, 0.1) is 28.1 Å². The van der Waals surface area contributed by atoms with Crippen molar-refractivity contribution in [3.63, 3.8) is 0 Å². The highest BCUT2D eigenvalue weighted by atomic mass is 32.1. The van der Waals surface area contributed by atoms with Crippen molar-refractivity contribution in [1.82, 2.24) is 19.4 Å². The average molecular weight is 436 g/mol. The first kappa shape index (κ1) is 21.0. The molecule has 0 saturated heterocycles. The first-order valence-electron chi connectivity index (χ1n) is 10.1. The predicted molar refractivity (Wildman–Crippen MR) is 124 cm³/mol. The van der Waals surface area contributed by atoms with Gasteiger partial charge < -0.3 is 19.9 Å². The summed E-state index contributed by atoms with van der Waals surface area (Å²) in [6.07, 6.45) is 7.84. The van der Waals surface area contributed by atoms with E-state index in [1.165, 1.54) is 5.56 Å². The SMILES string of the molecule is CN(C)CCCC(c1ccc2nc(Nc3ccc(C(=O)O)cc3)sc2c1)n1ccnc1. The van der Waals surface area contributed by atoms with Gasteiger partial charge in [0, 0.05) is 18.1 Å². The highest BCUT2D eigenvalue weighted by Crippen LogP contribution is 2.32. The van der Waals surface area contributed by atoms with Crippen LogP contribution >= 0.6 is 11.3 Å². The largest absolute Gasteiger partial charge is 0.478 e. The van der Waals surface area contributed by atoms with E-state index >= 15 is 0 Å². The summed E-state index contributed by atoms with van der Waals surface area (Å²) in [5, 5.41) is 13.1. The molecular weight excluding hydrogens is 410 g/mol. The van der Waals surface area contributed by atoms with Gasteiger partial charge in [-0.15, -0.1) is 0 Å². The zero-order valence-electron chi connectivity index (χ0n) is 17.5. The van der Waals surface area contributed by atoms with E-state index in [4.69, 9.17) is 5.11 Å². The zero-order chi connectivity index (χ0) is 21.8. The predicted octanol–water partition coefficient (Wildman–Crippen LogP) is 4.87. The van der Waals surface area contributed by atoms with Gasteiger partial charge in [-0.2, -0.15) is 0 Å². The molecule has 0 aliphatic carbocycles. The summed E-state index contributed by atoms with van der Waals surface area (Å²) in [6.45, 7) is 1.04. The average Bonchev–Trinajstić information content (AvgIpc) is 3.40. The maximum Gasteiger partial charge on any atom is 0.335 e. The molecule has 4 aromatic rings. The fraction of sp³-hybridized carbons (Fsp3) is 0.261. The minimum absolute atomic E-state index is 0.230. The molecular formula is C23H25N5O2S. The highest BCUT2D eigenvalue weighted by molar-refractivity contribution is 7.22. The van der Waals surface area contributed by atoms with Crippen LogP contribution in [0.15, 0.2) is 61.2 Å². The van der Waals surface area contributed by atoms with Crippen molar-refractivity contribution >= 4 is 38.3 Å².